The molecule has 0 atom stereocenters. The summed E-state index contributed by atoms with van der Waals surface area (Å²) in [4.78, 5) is 7.37. The molecule has 108 valence electrons. The normalized spacial score (nSPS) is 11.8. The van der Waals surface area contributed by atoms with Gasteiger partial charge < -0.3 is 0 Å². The van der Waals surface area contributed by atoms with Crippen LogP contribution in [-0.4, -0.2) is 32.6 Å². The topological polar surface area (TPSA) is 18.5 Å². The fourth-order valence-corrected chi connectivity index (χ4v) is 9.53. The van der Waals surface area contributed by atoms with Crippen LogP contribution in [-0.2, 0) is 0 Å². The van der Waals surface area contributed by atoms with Gasteiger partial charge in [-0.1, -0.05) is 0 Å². The molecule has 3 heteroatoms. The van der Waals surface area contributed by atoms with Gasteiger partial charge in [-0.3, -0.25) is 0 Å². The Morgan fingerprint density at radius 1 is 0.850 bits per heavy atom. The van der Waals surface area contributed by atoms with Crippen molar-refractivity contribution in [2.45, 2.75) is 28.7 Å². The second kappa shape index (κ2) is 5.47. The number of methoxy groups -OCH3 is 2. The van der Waals surface area contributed by atoms with E-state index in [1.165, 1.54) is 16.5 Å². The minimum absolute atomic E-state index is 0.911. The van der Waals surface area contributed by atoms with Gasteiger partial charge in [0.2, 0.25) is 0 Å². The molecule has 0 amide bonds. The summed E-state index contributed by atoms with van der Waals surface area (Å²) in [6, 6.07) is 6.53. The molecule has 0 heterocycles. The van der Waals surface area contributed by atoms with Crippen molar-refractivity contribution in [1.82, 2.24) is 0 Å². The van der Waals surface area contributed by atoms with Gasteiger partial charge in [-0.2, -0.15) is 0 Å². The molecule has 2 rings (SSSR count). The Labute approximate surface area is 126 Å². The van der Waals surface area contributed by atoms with Crippen LogP contribution in [0, 0.1) is 13.8 Å². The van der Waals surface area contributed by atoms with Gasteiger partial charge in [-0.25, -0.2) is 0 Å². The first kappa shape index (κ1) is 15.5. The van der Waals surface area contributed by atoms with Crippen molar-refractivity contribution in [2.24, 2.45) is 0 Å². The molecule has 2 nitrogen and oxygen atoms in total. The third-order valence-electron chi connectivity index (χ3n) is 3.69. The Bertz CT molecular complexity index is 644. The number of hydrogen-bond acceptors (Lipinski definition) is 2. The molecular formula is C17H24O2Sn. The zero-order chi connectivity index (χ0) is 15.1. The second-order valence-corrected chi connectivity index (χ2v) is 20.7. The molecule has 0 fully saturated rings. The molecule has 0 unspecified atom stereocenters. The van der Waals surface area contributed by atoms with E-state index < -0.39 is 18.4 Å². The average molecular weight is 379 g/mol. The maximum absolute atomic E-state index is 5.60. The van der Waals surface area contributed by atoms with Crippen LogP contribution < -0.4 is 13.1 Å². The van der Waals surface area contributed by atoms with Crippen molar-refractivity contribution in [3.63, 3.8) is 0 Å². The van der Waals surface area contributed by atoms with Crippen LogP contribution in [0.15, 0.2) is 18.2 Å². The van der Waals surface area contributed by atoms with Gasteiger partial charge in [0.15, 0.2) is 0 Å². The molecule has 0 aliphatic rings. The molecule has 0 aliphatic heterocycles. The van der Waals surface area contributed by atoms with E-state index >= 15 is 0 Å². The number of hydrogen-bond donors (Lipinski definition) is 0. The number of rotatable bonds is 3. The summed E-state index contributed by atoms with van der Waals surface area (Å²) in [7, 11) is 3.46. The molecule has 0 aliphatic carbocycles. The van der Waals surface area contributed by atoms with E-state index in [1.54, 1.807) is 17.8 Å². The molecule has 0 saturated heterocycles. The molecule has 0 spiro atoms. The van der Waals surface area contributed by atoms with E-state index in [0.717, 1.165) is 16.9 Å². The van der Waals surface area contributed by atoms with Crippen LogP contribution in [0.1, 0.15) is 11.1 Å². The molecule has 2 aromatic rings. The maximum atomic E-state index is 5.60. The summed E-state index contributed by atoms with van der Waals surface area (Å²) >= 11 is -2.23. The van der Waals surface area contributed by atoms with Crippen LogP contribution in [0.25, 0.3) is 10.8 Å². The molecule has 0 aromatic heterocycles. The Morgan fingerprint density at radius 3 is 1.90 bits per heavy atom. The van der Waals surface area contributed by atoms with E-state index in [1.807, 2.05) is 0 Å². The van der Waals surface area contributed by atoms with Crippen LogP contribution in [0.4, 0.5) is 0 Å². The zero-order valence-electron chi connectivity index (χ0n) is 13.5. The molecular weight excluding hydrogens is 355 g/mol. The van der Waals surface area contributed by atoms with Crippen LogP contribution >= 0.6 is 0 Å². The second-order valence-electron chi connectivity index (χ2n) is 6.41. The molecule has 0 N–H and O–H groups in total. The predicted molar refractivity (Wildman–Crippen MR) is 89.5 cm³/mol. The molecule has 0 radical (unpaired) electrons. The monoisotopic (exact) mass is 380 g/mol. The molecule has 2 aromatic carbocycles. The van der Waals surface area contributed by atoms with E-state index in [4.69, 9.17) is 9.47 Å². The van der Waals surface area contributed by atoms with Gasteiger partial charge in [-0.15, -0.1) is 0 Å². The fraction of sp³-hybridized carbons (Fsp3) is 0.412. The first-order valence-electron chi connectivity index (χ1n) is 6.96. The van der Waals surface area contributed by atoms with Crippen molar-refractivity contribution in [2.75, 3.05) is 14.2 Å². The summed E-state index contributed by atoms with van der Waals surface area (Å²) in [5.41, 5.74) is 2.59. The van der Waals surface area contributed by atoms with E-state index in [9.17, 15) is 0 Å². The summed E-state index contributed by atoms with van der Waals surface area (Å²) in [5.74, 6) is 1.82. The Morgan fingerprint density at radius 2 is 1.40 bits per heavy atom. The minimum atomic E-state index is -2.23. The van der Waals surface area contributed by atoms with Crippen LogP contribution in [0.2, 0.25) is 14.8 Å². The average Bonchev–Trinajstić information content (AvgIpc) is 2.34. The number of ether oxygens (including phenoxy) is 2. The van der Waals surface area contributed by atoms with Gasteiger partial charge in [0.25, 0.3) is 0 Å². The van der Waals surface area contributed by atoms with Crippen molar-refractivity contribution in [3.05, 3.63) is 29.3 Å². The van der Waals surface area contributed by atoms with Crippen molar-refractivity contribution >= 4 is 32.7 Å². The van der Waals surface area contributed by atoms with Crippen LogP contribution in [0.5, 0.6) is 11.5 Å². The summed E-state index contributed by atoms with van der Waals surface area (Å²) in [6.45, 7) is 4.33. The summed E-state index contributed by atoms with van der Waals surface area (Å²) in [5, 5.41) is 2.44. The first-order valence-corrected chi connectivity index (χ1v) is 16.9. The van der Waals surface area contributed by atoms with E-state index in [0.29, 0.717) is 0 Å². The Balaban J connectivity index is 3.02. The van der Waals surface area contributed by atoms with Crippen LogP contribution in [0.3, 0.4) is 0 Å². The van der Waals surface area contributed by atoms with Gasteiger partial charge in [-0.05, 0) is 0 Å². The fourth-order valence-electron chi connectivity index (χ4n) is 3.08. The van der Waals surface area contributed by atoms with Gasteiger partial charge >= 0.3 is 126 Å². The van der Waals surface area contributed by atoms with Crippen molar-refractivity contribution in [3.8, 4) is 11.5 Å². The molecule has 0 bridgehead atoms. The third kappa shape index (κ3) is 2.62. The first-order chi connectivity index (χ1) is 9.29. The number of aryl methyl sites for hydroxylation is 2. The predicted octanol–water partition coefficient (Wildman–Crippen LogP) is 4.02. The summed E-state index contributed by atoms with van der Waals surface area (Å²) in [6.07, 6.45) is 0. The van der Waals surface area contributed by atoms with Crippen molar-refractivity contribution in [1.29, 1.82) is 0 Å². The Hall–Kier alpha value is -0.901. The van der Waals surface area contributed by atoms with E-state index in [-0.39, 0.29) is 0 Å². The third-order valence-corrected chi connectivity index (χ3v) is 9.87. The summed E-state index contributed by atoms with van der Waals surface area (Å²) < 4.78 is 12.8. The molecule has 20 heavy (non-hydrogen) atoms. The Kier molecular flexibility index (Phi) is 4.24. The van der Waals surface area contributed by atoms with Crippen molar-refractivity contribution < 1.29 is 9.47 Å². The van der Waals surface area contributed by atoms with Gasteiger partial charge in [0, 0.05) is 0 Å². The molecule has 0 saturated carbocycles. The number of fused-ring (bicyclic) bond motifs is 1. The zero-order valence-corrected chi connectivity index (χ0v) is 16.4. The quantitative estimate of drug-likeness (QED) is 0.751. The standard InChI is InChI=1S/C14H15O2.3CH3.Sn/c1-9-5-11-6-10(2)8-13(16-4)14(11)12(7-9)15-3;;;;/h5,7-8H,1-4H3;3*1H3;. The van der Waals surface area contributed by atoms with Gasteiger partial charge in [0.05, 0.1) is 0 Å². The van der Waals surface area contributed by atoms with Gasteiger partial charge in [0.1, 0.15) is 0 Å². The number of benzene rings is 2. The SMILES string of the molecule is COc1cc(C)cc2[c]([Sn]([CH3])([CH3])[CH3])c(C)cc(OC)c12. The van der Waals surface area contributed by atoms with E-state index in [2.05, 4.69) is 46.9 Å².